The van der Waals surface area contributed by atoms with Crippen LogP contribution in [0.5, 0.6) is 0 Å². The number of benzene rings is 1. The first-order valence-electron chi connectivity index (χ1n) is 4.92. The van der Waals surface area contributed by atoms with Crippen LogP contribution in [-0.4, -0.2) is 17.3 Å². The fourth-order valence-corrected chi connectivity index (χ4v) is 1.65. The van der Waals surface area contributed by atoms with Gasteiger partial charge in [0.2, 0.25) is 0 Å². The average Bonchev–Trinajstić information content (AvgIpc) is 2.63. The number of hydrogen-bond acceptors (Lipinski definition) is 2. The number of rotatable bonds is 1. The number of hydrogen-bond donors (Lipinski definition) is 1. The van der Waals surface area contributed by atoms with Crippen molar-refractivity contribution in [2.75, 3.05) is 0 Å². The van der Waals surface area contributed by atoms with E-state index in [2.05, 4.69) is 4.42 Å². The molecule has 0 saturated heterocycles. The highest BCUT2D eigenvalue weighted by Crippen LogP contribution is 2.53. The van der Waals surface area contributed by atoms with Crippen molar-refractivity contribution in [3.8, 4) is 0 Å². The number of alkyl halides is 7. The van der Waals surface area contributed by atoms with Gasteiger partial charge < -0.3 is 4.42 Å². The van der Waals surface area contributed by atoms with Crippen molar-refractivity contribution >= 4 is 11.1 Å². The molecule has 0 radical (unpaired) electrons. The molecule has 0 aliphatic carbocycles. The molecule has 1 aromatic carbocycles. The van der Waals surface area contributed by atoms with Crippen LogP contribution in [0.15, 0.2) is 27.4 Å². The van der Waals surface area contributed by atoms with Crippen molar-refractivity contribution in [2.45, 2.75) is 18.0 Å². The predicted molar refractivity (Wildman–Crippen MR) is 51.7 cm³/mol. The molecule has 0 aliphatic rings. The lowest BCUT2D eigenvalue weighted by molar-refractivity contribution is -0.348. The van der Waals surface area contributed by atoms with Crippen LogP contribution in [0.2, 0.25) is 0 Å². The fourth-order valence-electron chi connectivity index (χ4n) is 1.65. The van der Waals surface area contributed by atoms with Crippen LogP contribution in [0, 0.1) is 0 Å². The van der Waals surface area contributed by atoms with Crippen molar-refractivity contribution in [1.82, 2.24) is 4.98 Å². The number of oxazole rings is 1. The van der Waals surface area contributed by atoms with E-state index in [0.29, 0.717) is 6.07 Å². The molecule has 3 nitrogen and oxygen atoms in total. The molecule has 110 valence electrons. The molecule has 0 spiro atoms. The van der Waals surface area contributed by atoms with Gasteiger partial charge in [-0.2, -0.15) is 26.3 Å². The van der Waals surface area contributed by atoms with Crippen molar-refractivity contribution in [1.29, 1.82) is 0 Å². The van der Waals surface area contributed by atoms with Gasteiger partial charge in [0.15, 0.2) is 5.58 Å². The van der Waals surface area contributed by atoms with Crippen LogP contribution >= 0.6 is 0 Å². The minimum absolute atomic E-state index is 0.148. The normalized spacial score (nSPS) is 13.9. The Balaban J connectivity index is 2.72. The largest absolute Gasteiger partial charge is 0.435 e. The van der Waals surface area contributed by atoms with Crippen molar-refractivity contribution in [3.63, 3.8) is 0 Å². The van der Waals surface area contributed by atoms with Gasteiger partial charge in [0.1, 0.15) is 0 Å². The van der Waals surface area contributed by atoms with Gasteiger partial charge in [0, 0.05) is 5.56 Å². The summed E-state index contributed by atoms with van der Waals surface area (Å²) in [4.78, 5) is 12.8. The Hall–Kier alpha value is -2.00. The third-order valence-corrected chi connectivity index (χ3v) is 2.60. The first-order chi connectivity index (χ1) is 8.97. The van der Waals surface area contributed by atoms with Crippen LogP contribution < -0.4 is 5.76 Å². The molecule has 1 heterocycles. The number of aromatic nitrogens is 1. The van der Waals surface area contributed by atoms with Crippen LogP contribution in [0.1, 0.15) is 5.56 Å². The molecule has 1 N–H and O–H groups in total. The summed E-state index contributed by atoms with van der Waals surface area (Å²) in [6, 6.07) is 1.17. The topological polar surface area (TPSA) is 46.0 Å². The highest BCUT2D eigenvalue weighted by Gasteiger charge is 2.73. The van der Waals surface area contributed by atoms with E-state index in [1.807, 2.05) is 4.98 Å². The van der Waals surface area contributed by atoms with E-state index in [9.17, 15) is 35.5 Å². The average molecular weight is 303 g/mol. The maximum atomic E-state index is 13.7. The molecule has 0 amide bonds. The summed E-state index contributed by atoms with van der Waals surface area (Å²) in [5, 5.41) is 0. The van der Waals surface area contributed by atoms with Crippen molar-refractivity contribution < 1.29 is 35.2 Å². The second kappa shape index (κ2) is 4.00. The van der Waals surface area contributed by atoms with Crippen LogP contribution in [0.25, 0.3) is 11.1 Å². The number of nitrogens with one attached hydrogen (secondary N) is 1. The summed E-state index contributed by atoms with van der Waals surface area (Å²) < 4.78 is 93.0. The van der Waals surface area contributed by atoms with E-state index < -0.39 is 34.9 Å². The Bertz CT molecular complexity index is 680. The highest BCUT2D eigenvalue weighted by molar-refractivity contribution is 5.73. The summed E-state index contributed by atoms with van der Waals surface area (Å²) in [6.45, 7) is 0. The van der Waals surface area contributed by atoms with Gasteiger partial charge in [-0.15, -0.1) is 0 Å². The first kappa shape index (κ1) is 14.4. The smallest absolute Gasteiger partial charge is 0.408 e. The van der Waals surface area contributed by atoms with Crippen LogP contribution in [-0.2, 0) is 5.67 Å². The highest BCUT2D eigenvalue weighted by atomic mass is 19.4. The molecule has 20 heavy (non-hydrogen) atoms. The predicted octanol–water partition coefficient (Wildman–Crippen LogP) is 3.41. The second-order valence-corrected chi connectivity index (χ2v) is 3.88. The summed E-state index contributed by atoms with van der Waals surface area (Å²) in [5.41, 5.74) is -8.02. The van der Waals surface area contributed by atoms with E-state index in [1.54, 1.807) is 0 Å². The molecular formula is C10H4F7NO2. The SMILES string of the molecule is O=c1[nH]c2ccc(C(F)(C(F)(F)F)C(F)(F)F)cc2o1. The van der Waals surface area contributed by atoms with Gasteiger partial charge in [-0.3, -0.25) is 4.98 Å². The second-order valence-electron chi connectivity index (χ2n) is 3.88. The quantitative estimate of drug-likeness (QED) is 0.821. The number of halogens is 7. The number of H-pyrrole nitrogens is 1. The monoisotopic (exact) mass is 303 g/mol. The maximum absolute atomic E-state index is 13.7. The minimum Gasteiger partial charge on any atom is -0.408 e. The first-order valence-corrected chi connectivity index (χ1v) is 4.92. The molecular weight excluding hydrogens is 299 g/mol. The van der Waals surface area contributed by atoms with Crippen molar-refractivity contribution in [3.05, 3.63) is 34.3 Å². The van der Waals surface area contributed by atoms with Gasteiger partial charge in [0.25, 0.3) is 0 Å². The third kappa shape index (κ3) is 1.95. The Morgan fingerprint density at radius 1 is 0.950 bits per heavy atom. The summed E-state index contributed by atoms with van der Waals surface area (Å²) in [7, 11) is 0. The van der Waals surface area contributed by atoms with Gasteiger partial charge in [0.05, 0.1) is 5.52 Å². The van der Waals surface area contributed by atoms with E-state index in [1.165, 1.54) is 0 Å². The molecule has 0 saturated carbocycles. The van der Waals surface area contributed by atoms with E-state index in [-0.39, 0.29) is 17.6 Å². The summed E-state index contributed by atoms with van der Waals surface area (Å²) >= 11 is 0. The summed E-state index contributed by atoms with van der Waals surface area (Å²) in [6.07, 6.45) is -12.4. The minimum atomic E-state index is -6.21. The zero-order valence-electron chi connectivity index (χ0n) is 9.19. The molecule has 2 rings (SSSR count). The molecule has 0 unspecified atom stereocenters. The van der Waals surface area contributed by atoms with Crippen LogP contribution in [0.3, 0.4) is 0 Å². The van der Waals surface area contributed by atoms with Gasteiger partial charge >= 0.3 is 23.8 Å². The van der Waals surface area contributed by atoms with Gasteiger partial charge in [-0.25, -0.2) is 9.18 Å². The molecule has 10 heteroatoms. The van der Waals surface area contributed by atoms with Gasteiger partial charge in [-0.1, -0.05) is 6.07 Å². The van der Waals surface area contributed by atoms with E-state index in [4.69, 9.17) is 0 Å². The molecule has 0 atom stereocenters. The van der Waals surface area contributed by atoms with Crippen molar-refractivity contribution in [2.24, 2.45) is 0 Å². The lowest BCUT2D eigenvalue weighted by Gasteiger charge is -2.30. The number of fused-ring (bicyclic) bond motifs is 1. The standard InChI is InChI=1S/C10H4F7NO2/c11-8(9(12,13)14,10(15,16)17)4-1-2-5-6(3-4)20-7(19)18-5/h1-3H,(H,18,19). The zero-order valence-corrected chi connectivity index (χ0v) is 9.19. The van der Waals surface area contributed by atoms with E-state index >= 15 is 0 Å². The van der Waals surface area contributed by atoms with Crippen LogP contribution in [0.4, 0.5) is 30.7 Å². The lowest BCUT2D eigenvalue weighted by atomic mass is 9.94. The number of aromatic amines is 1. The maximum Gasteiger partial charge on any atom is 0.435 e. The fraction of sp³-hybridized carbons (Fsp3) is 0.300. The molecule has 0 fully saturated rings. The molecule has 1 aromatic heterocycles. The zero-order chi connectivity index (χ0) is 15.3. The Labute approximate surface area is 105 Å². The Morgan fingerprint density at radius 3 is 2.00 bits per heavy atom. The lowest BCUT2D eigenvalue weighted by Crippen LogP contribution is -2.50. The molecule has 0 aliphatic heterocycles. The van der Waals surface area contributed by atoms with E-state index in [0.717, 1.165) is 0 Å². The molecule has 0 bridgehead atoms. The summed E-state index contributed by atoms with van der Waals surface area (Å²) in [5.74, 6) is -1.08. The Morgan fingerprint density at radius 2 is 1.50 bits per heavy atom. The molecule has 2 aromatic rings. The third-order valence-electron chi connectivity index (χ3n) is 2.60. The Kier molecular flexibility index (Phi) is 2.88. The van der Waals surface area contributed by atoms with Gasteiger partial charge in [-0.05, 0) is 12.1 Å².